The number of hydrogen-bond acceptors (Lipinski definition) is 5. The molecule has 17 heavy (non-hydrogen) atoms. The average molecular weight is 271 g/mol. The zero-order chi connectivity index (χ0) is 12.1. The average Bonchev–Trinajstić information content (AvgIpc) is 2.74. The lowest BCUT2D eigenvalue weighted by Gasteiger charge is -2.21. The van der Waals surface area contributed by atoms with Gasteiger partial charge in [-0.1, -0.05) is 23.8 Å². The van der Waals surface area contributed by atoms with Crippen molar-refractivity contribution in [2.24, 2.45) is 5.92 Å². The van der Waals surface area contributed by atoms with E-state index in [0.29, 0.717) is 5.92 Å². The van der Waals surface area contributed by atoms with Crippen LogP contribution in [0.4, 0.5) is 4.79 Å². The van der Waals surface area contributed by atoms with Gasteiger partial charge in [-0.2, -0.15) is 0 Å². The largest absolute Gasteiger partial charge is 0.346 e. The Morgan fingerprint density at radius 3 is 2.88 bits per heavy atom. The van der Waals surface area contributed by atoms with Crippen molar-refractivity contribution in [3.63, 3.8) is 0 Å². The molecular weight excluding hydrogens is 254 g/mol. The maximum Gasteiger partial charge on any atom is 0.284 e. The topological polar surface area (TPSA) is 54.9 Å². The lowest BCUT2D eigenvalue weighted by atomic mass is 9.89. The molecule has 94 valence electrons. The Hall–Kier alpha value is -0.620. The minimum atomic E-state index is 0.0183. The first-order chi connectivity index (χ1) is 8.25. The van der Waals surface area contributed by atoms with Gasteiger partial charge in [0.1, 0.15) is 4.21 Å². The molecule has 1 aliphatic carbocycles. The number of thioether (sulfide) groups is 1. The summed E-state index contributed by atoms with van der Waals surface area (Å²) in [7, 11) is 0. The number of aromatic nitrogens is 2. The van der Waals surface area contributed by atoms with Crippen molar-refractivity contribution >= 4 is 28.5 Å². The lowest BCUT2D eigenvalue weighted by molar-refractivity contribution is 0.256. The van der Waals surface area contributed by atoms with Crippen LogP contribution in [0.15, 0.2) is 4.21 Å². The van der Waals surface area contributed by atoms with Gasteiger partial charge in [0.15, 0.2) is 0 Å². The molecule has 1 aromatic rings. The molecule has 0 saturated heterocycles. The maximum absolute atomic E-state index is 11.7. The molecule has 0 aliphatic heterocycles. The highest BCUT2D eigenvalue weighted by molar-refractivity contribution is 8.14. The summed E-state index contributed by atoms with van der Waals surface area (Å²) >= 11 is 2.49. The molecular formula is C11H17N3OS2. The number of amides is 1. The van der Waals surface area contributed by atoms with Crippen molar-refractivity contribution in [2.75, 3.05) is 6.54 Å². The molecule has 6 heteroatoms. The molecule has 0 atom stereocenters. The first-order valence-electron chi connectivity index (χ1n) is 6.00. The Bertz CT molecular complexity index is 375. The van der Waals surface area contributed by atoms with E-state index in [1.807, 2.05) is 6.92 Å². The van der Waals surface area contributed by atoms with Crippen LogP contribution in [0.5, 0.6) is 0 Å². The third-order valence-corrected chi connectivity index (χ3v) is 4.96. The van der Waals surface area contributed by atoms with Gasteiger partial charge in [0.25, 0.3) is 5.24 Å². The van der Waals surface area contributed by atoms with E-state index in [-0.39, 0.29) is 5.24 Å². The van der Waals surface area contributed by atoms with Crippen LogP contribution in [0, 0.1) is 12.8 Å². The molecule has 2 rings (SSSR count). The fourth-order valence-electron chi connectivity index (χ4n) is 2.06. The molecule has 0 unspecified atom stereocenters. The predicted molar refractivity (Wildman–Crippen MR) is 70.5 cm³/mol. The van der Waals surface area contributed by atoms with Crippen molar-refractivity contribution in [3.8, 4) is 0 Å². The fraction of sp³-hybridized carbons (Fsp3) is 0.727. The number of nitrogens with zero attached hydrogens (tertiary/aromatic N) is 2. The Balaban J connectivity index is 1.72. The minimum Gasteiger partial charge on any atom is -0.346 e. The molecule has 1 N–H and O–H groups in total. The van der Waals surface area contributed by atoms with Crippen LogP contribution in [0.3, 0.4) is 0 Å². The Morgan fingerprint density at radius 2 is 2.24 bits per heavy atom. The monoisotopic (exact) mass is 271 g/mol. The van der Waals surface area contributed by atoms with Gasteiger partial charge in [-0.25, -0.2) is 0 Å². The summed E-state index contributed by atoms with van der Waals surface area (Å²) in [5.74, 6) is 0.675. The Labute approximate surface area is 110 Å². The molecule has 0 radical (unpaired) electrons. The summed E-state index contributed by atoms with van der Waals surface area (Å²) in [5, 5.41) is 6.90. The highest BCUT2D eigenvalue weighted by atomic mass is 32.2. The zero-order valence-corrected chi connectivity index (χ0v) is 11.6. The fourth-order valence-corrected chi connectivity index (χ4v) is 3.46. The van der Waals surface area contributed by atoms with Crippen LogP contribution in [0.25, 0.3) is 0 Å². The van der Waals surface area contributed by atoms with E-state index in [9.17, 15) is 4.79 Å². The standard InChI is InChI=1S/C11H17N3OS2/c1-8-10(17-14-13-8)16-11(15)12-7-9-5-3-2-4-6-9/h9H,2-7H2,1H3,(H,12,15). The summed E-state index contributed by atoms with van der Waals surface area (Å²) in [6, 6.07) is 0. The van der Waals surface area contributed by atoms with Crippen LogP contribution in [-0.2, 0) is 0 Å². The van der Waals surface area contributed by atoms with Crippen molar-refractivity contribution in [3.05, 3.63) is 5.69 Å². The summed E-state index contributed by atoms with van der Waals surface area (Å²) in [5.41, 5.74) is 0.841. The first kappa shape index (κ1) is 12.8. The molecule has 1 saturated carbocycles. The minimum absolute atomic E-state index is 0.0183. The van der Waals surface area contributed by atoms with E-state index in [0.717, 1.165) is 16.4 Å². The van der Waals surface area contributed by atoms with Crippen LogP contribution in [0.1, 0.15) is 37.8 Å². The van der Waals surface area contributed by atoms with Gasteiger partial charge >= 0.3 is 0 Å². The van der Waals surface area contributed by atoms with Crippen LogP contribution in [-0.4, -0.2) is 21.4 Å². The van der Waals surface area contributed by atoms with Gasteiger partial charge in [0.2, 0.25) is 0 Å². The summed E-state index contributed by atoms with van der Waals surface area (Å²) in [6.07, 6.45) is 6.49. The number of rotatable bonds is 3. The molecule has 1 amide bonds. The molecule has 0 aromatic carbocycles. The Kier molecular flexibility index (Phi) is 4.79. The molecule has 1 aliphatic rings. The smallest absolute Gasteiger partial charge is 0.284 e. The van der Waals surface area contributed by atoms with Gasteiger partial charge in [0, 0.05) is 6.54 Å². The van der Waals surface area contributed by atoms with Crippen LogP contribution in [0.2, 0.25) is 0 Å². The van der Waals surface area contributed by atoms with E-state index >= 15 is 0 Å². The second-order valence-electron chi connectivity index (χ2n) is 4.42. The van der Waals surface area contributed by atoms with Crippen LogP contribution < -0.4 is 5.32 Å². The maximum atomic E-state index is 11.7. The van der Waals surface area contributed by atoms with Gasteiger partial charge < -0.3 is 5.32 Å². The van der Waals surface area contributed by atoms with Crippen molar-refractivity contribution in [1.82, 2.24) is 14.9 Å². The third kappa shape index (κ3) is 3.96. The molecule has 4 nitrogen and oxygen atoms in total. The second kappa shape index (κ2) is 6.35. The molecule has 1 aromatic heterocycles. The molecule has 0 spiro atoms. The van der Waals surface area contributed by atoms with E-state index in [1.165, 1.54) is 55.4 Å². The third-order valence-electron chi connectivity index (χ3n) is 3.06. The normalized spacial score (nSPS) is 17.0. The highest BCUT2D eigenvalue weighted by Crippen LogP contribution is 2.26. The predicted octanol–water partition coefficient (Wildman–Crippen LogP) is 3.23. The number of carbonyl (C=O) groups excluding carboxylic acids is 1. The van der Waals surface area contributed by atoms with Crippen molar-refractivity contribution in [1.29, 1.82) is 0 Å². The summed E-state index contributed by atoms with van der Waals surface area (Å²) in [6.45, 7) is 2.69. The summed E-state index contributed by atoms with van der Waals surface area (Å²) < 4.78 is 4.71. The zero-order valence-electron chi connectivity index (χ0n) is 9.94. The summed E-state index contributed by atoms with van der Waals surface area (Å²) in [4.78, 5) is 11.7. The number of carbonyl (C=O) groups is 1. The number of aryl methyl sites for hydroxylation is 1. The molecule has 1 fully saturated rings. The van der Waals surface area contributed by atoms with E-state index in [1.54, 1.807) is 0 Å². The van der Waals surface area contributed by atoms with Gasteiger partial charge in [-0.3, -0.25) is 4.79 Å². The van der Waals surface area contributed by atoms with E-state index in [2.05, 4.69) is 14.9 Å². The van der Waals surface area contributed by atoms with Crippen molar-refractivity contribution < 1.29 is 4.79 Å². The van der Waals surface area contributed by atoms with E-state index < -0.39 is 0 Å². The first-order valence-corrected chi connectivity index (χ1v) is 7.59. The second-order valence-corrected chi connectivity index (χ2v) is 6.42. The highest BCUT2D eigenvalue weighted by Gasteiger charge is 2.15. The lowest BCUT2D eigenvalue weighted by Crippen LogP contribution is -2.27. The van der Waals surface area contributed by atoms with Gasteiger partial charge in [0.05, 0.1) is 5.69 Å². The quantitative estimate of drug-likeness (QED) is 0.858. The molecule has 0 bridgehead atoms. The molecule has 1 heterocycles. The number of hydrogen-bond donors (Lipinski definition) is 1. The van der Waals surface area contributed by atoms with Gasteiger partial charge in [-0.05, 0) is 49.0 Å². The number of nitrogens with one attached hydrogen (secondary N) is 1. The Morgan fingerprint density at radius 1 is 1.47 bits per heavy atom. The van der Waals surface area contributed by atoms with Gasteiger partial charge in [-0.15, -0.1) is 5.10 Å². The van der Waals surface area contributed by atoms with Crippen LogP contribution >= 0.6 is 23.3 Å². The SMILES string of the molecule is Cc1nnsc1SC(=O)NCC1CCCCC1. The van der Waals surface area contributed by atoms with Crippen molar-refractivity contribution in [2.45, 2.75) is 43.2 Å². The van der Waals surface area contributed by atoms with E-state index in [4.69, 9.17) is 0 Å².